The average molecular weight is 414 g/mol. The third kappa shape index (κ3) is 4.46. The van der Waals surface area contributed by atoms with Crippen LogP contribution < -0.4 is 0 Å². The van der Waals surface area contributed by atoms with Gasteiger partial charge >= 0.3 is 0 Å². The van der Waals surface area contributed by atoms with Crippen molar-refractivity contribution in [3.63, 3.8) is 0 Å². The number of ether oxygens (including phenoxy) is 5. The van der Waals surface area contributed by atoms with Crippen molar-refractivity contribution in [1.29, 1.82) is 0 Å². The summed E-state index contributed by atoms with van der Waals surface area (Å²) in [6.07, 6.45) is -17.5. The van der Waals surface area contributed by atoms with Crippen LogP contribution in [-0.4, -0.2) is 134 Å². The van der Waals surface area contributed by atoms with E-state index in [1.165, 1.54) is 0 Å². The zero-order valence-corrected chi connectivity index (χ0v) is 14.7. The molecule has 0 aliphatic carbocycles. The van der Waals surface area contributed by atoms with Crippen LogP contribution in [0.15, 0.2) is 0 Å². The maximum Gasteiger partial charge on any atom is 0.186 e. The first-order chi connectivity index (χ1) is 13.2. The number of rotatable bonds is 4. The Morgan fingerprint density at radius 2 is 1.11 bits per heavy atom. The highest BCUT2D eigenvalue weighted by Crippen LogP contribution is 2.27. The van der Waals surface area contributed by atoms with Crippen molar-refractivity contribution in [2.75, 3.05) is 19.8 Å². The lowest BCUT2D eigenvalue weighted by Gasteiger charge is -2.43. The van der Waals surface area contributed by atoms with Crippen molar-refractivity contribution in [3.8, 4) is 0 Å². The van der Waals surface area contributed by atoms with Crippen molar-refractivity contribution in [1.82, 2.24) is 0 Å². The van der Waals surface area contributed by atoms with E-state index in [1.54, 1.807) is 0 Å². The van der Waals surface area contributed by atoms with Crippen LogP contribution in [0.4, 0.5) is 0 Å². The predicted molar refractivity (Wildman–Crippen MR) is 83.2 cm³/mol. The maximum atomic E-state index is 10.3. The Balaban J connectivity index is 1.57. The lowest BCUT2D eigenvalue weighted by atomic mass is 10.0. The average Bonchev–Trinajstić information content (AvgIpc) is 2.67. The number of hydrogen-bond acceptors (Lipinski definition) is 13. The van der Waals surface area contributed by atoms with Gasteiger partial charge in [-0.3, -0.25) is 0 Å². The largest absolute Gasteiger partial charge is 0.388 e. The Morgan fingerprint density at radius 3 is 1.82 bits per heavy atom. The van der Waals surface area contributed by atoms with Gasteiger partial charge < -0.3 is 64.5 Å². The Kier molecular flexibility index (Phi) is 7.20. The standard InChI is InChI=1S/C15H26O13/c16-4-1-25-14(9(20)7(4)18)27-6-3-26-15(10(21)8(6)19)28-12-5(17)2-24-13(23)11(12)22/h4-23H,1-3H2/t4-,5-,6-,7+,8+,9-,10-,11-,12+,13-,14+,15+/m1/s1. The quantitative estimate of drug-likeness (QED) is 0.216. The highest BCUT2D eigenvalue weighted by Gasteiger charge is 2.47. The second-order valence-electron chi connectivity index (χ2n) is 6.99. The highest BCUT2D eigenvalue weighted by molar-refractivity contribution is 4.90. The molecule has 8 N–H and O–H groups in total. The predicted octanol–water partition coefficient (Wildman–Crippen LogP) is -5.66. The summed E-state index contributed by atoms with van der Waals surface area (Å²) in [7, 11) is 0. The molecule has 0 aromatic carbocycles. The van der Waals surface area contributed by atoms with Crippen molar-refractivity contribution >= 4 is 0 Å². The lowest BCUT2D eigenvalue weighted by Crippen LogP contribution is -2.62. The molecule has 0 aromatic heterocycles. The summed E-state index contributed by atoms with van der Waals surface area (Å²) >= 11 is 0. The molecule has 13 nitrogen and oxygen atoms in total. The van der Waals surface area contributed by atoms with Gasteiger partial charge in [-0.15, -0.1) is 0 Å². The van der Waals surface area contributed by atoms with Gasteiger partial charge in [0.25, 0.3) is 0 Å². The van der Waals surface area contributed by atoms with Gasteiger partial charge in [-0.1, -0.05) is 0 Å². The molecule has 3 aliphatic rings. The molecule has 3 fully saturated rings. The highest BCUT2D eigenvalue weighted by atomic mass is 16.7. The molecule has 0 spiro atoms. The summed E-state index contributed by atoms with van der Waals surface area (Å²) in [6, 6.07) is 0. The van der Waals surface area contributed by atoms with E-state index in [2.05, 4.69) is 0 Å². The van der Waals surface area contributed by atoms with E-state index in [0.717, 1.165) is 0 Å². The van der Waals surface area contributed by atoms with Crippen LogP contribution in [0.25, 0.3) is 0 Å². The van der Waals surface area contributed by atoms with E-state index in [-0.39, 0.29) is 19.8 Å². The molecule has 0 radical (unpaired) electrons. The molecule has 3 aliphatic heterocycles. The minimum Gasteiger partial charge on any atom is -0.388 e. The van der Waals surface area contributed by atoms with Crippen LogP contribution in [0.3, 0.4) is 0 Å². The van der Waals surface area contributed by atoms with Crippen molar-refractivity contribution < 1.29 is 64.5 Å². The lowest BCUT2D eigenvalue weighted by molar-refractivity contribution is -0.350. The third-order valence-corrected chi connectivity index (χ3v) is 4.93. The molecule has 0 saturated carbocycles. The number of aliphatic hydroxyl groups excluding tert-OH is 8. The van der Waals surface area contributed by atoms with Gasteiger partial charge in [0.15, 0.2) is 18.9 Å². The molecule has 13 heteroatoms. The van der Waals surface area contributed by atoms with Gasteiger partial charge in [0, 0.05) is 0 Å². The van der Waals surface area contributed by atoms with Crippen LogP contribution in [0.5, 0.6) is 0 Å². The minimum atomic E-state index is -1.67. The maximum absolute atomic E-state index is 10.3. The zero-order valence-electron chi connectivity index (χ0n) is 14.7. The summed E-state index contributed by atoms with van der Waals surface area (Å²) in [4.78, 5) is 0. The smallest absolute Gasteiger partial charge is 0.186 e. The van der Waals surface area contributed by atoms with Gasteiger partial charge in [0.05, 0.1) is 19.8 Å². The van der Waals surface area contributed by atoms with Gasteiger partial charge in [0.1, 0.15) is 54.9 Å². The Labute approximate surface area is 159 Å². The summed E-state index contributed by atoms with van der Waals surface area (Å²) < 4.78 is 25.8. The summed E-state index contributed by atoms with van der Waals surface area (Å²) in [5, 5.41) is 78.7. The molecule has 3 rings (SSSR count). The first-order valence-electron chi connectivity index (χ1n) is 8.81. The Bertz CT molecular complexity index is 508. The van der Waals surface area contributed by atoms with Crippen LogP contribution in [-0.2, 0) is 23.7 Å². The number of hydrogen-bond donors (Lipinski definition) is 8. The molecule has 3 saturated heterocycles. The van der Waals surface area contributed by atoms with Crippen molar-refractivity contribution in [2.45, 2.75) is 73.8 Å². The fourth-order valence-electron chi connectivity index (χ4n) is 3.19. The monoisotopic (exact) mass is 414 g/mol. The fourth-order valence-corrected chi connectivity index (χ4v) is 3.19. The molecule has 0 unspecified atom stereocenters. The van der Waals surface area contributed by atoms with Crippen LogP contribution in [0.1, 0.15) is 0 Å². The van der Waals surface area contributed by atoms with E-state index in [1.807, 2.05) is 0 Å². The van der Waals surface area contributed by atoms with E-state index < -0.39 is 73.8 Å². The summed E-state index contributed by atoms with van der Waals surface area (Å²) in [5.74, 6) is 0. The fraction of sp³-hybridized carbons (Fsp3) is 1.00. The second-order valence-corrected chi connectivity index (χ2v) is 6.99. The molecular formula is C15H26O13. The van der Waals surface area contributed by atoms with Crippen LogP contribution in [0.2, 0.25) is 0 Å². The second kappa shape index (κ2) is 9.09. The van der Waals surface area contributed by atoms with E-state index in [0.29, 0.717) is 0 Å². The van der Waals surface area contributed by atoms with Gasteiger partial charge in [0.2, 0.25) is 0 Å². The zero-order chi connectivity index (χ0) is 20.6. The normalized spacial score (nSPS) is 53.1. The molecule has 3 heterocycles. The van der Waals surface area contributed by atoms with Crippen LogP contribution in [0, 0.1) is 0 Å². The molecule has 0 aromatic rings. The first-order valence-corrected chi connectivity index (χ1v) is 8.81. The number of aliphatic hydroxyl groups is 8. The SMILES string of the molecule is O[C@@H]1[C@@H](O)[C@H](O[C@@H]2CO[C@@H](O[C@@H]3[C@@H](O)[C@H](O)OC[C@H]3O)[C@H](O)[C@H]2O)OC[C@H]1O. The molecule has 0 amide bonds. The van der Waals surface area contributed by atoms with E-state index in [4.69, 9.17) is 23.7 Å². The Hall–Kier alpha value is -0.520. The van der Waals surface area contributed by atoms with Gasteiger partial charge in [-0.2, -0.15) is 0 Å². The first kappa shape index (κ1) is 22.2. The molecular weight excluding hydrogens is 388 g/mol. The van der Waals surface area contributed by atoms with Crippen molar-refractivity contribution in [2.24, 2.45) is 0 Å². The van der Waals surface area contributed by atoms with Gasteiger partial charge in [-0.25, -0.2) is 0 Å². The van der Waals surface area contributed by atoms with E-state index in [9.17, 15) is 40.9 Å². The molecule has 28 heavy (non-hydrogen) atoms. The van der Waals surface area contributed by atoms with Gasteiger partial charge in [-0.05, 0) is 0 Å². The molecule has 0 bridgehead atoms. The molecule has 164 valence electrons. The third-order valence-electron chi connectivity index (χ3n) is 4.93. The van der Waals surface area contributed by atoms with E-state index >= 15 is 0 Å². The molecule has 12 atom stereocenters. The summed E-state index contributed by atoms with van der Waals surface area (Å²) in [6.45, 7) is -0.945. The topological polar surface area (TPSA) is 208 Å². The van der Waals surface area contributed by atoms with Crippen molar-refractivity contribution in [3.05, 3.63) is 0 Å². The summed E-state index contributed by atoms with van der Waals surface area (Å²) in [5.41, 5.74) is 0. The minimum absolute atomic E-state index is 0.303. The Morgan fingerprint density at radius 1 is 0.536 bits per heavy atom. The van der Waals surface area contributed by atoms with Crippen LogP contribution >= 0.6 is 0 Å².